The second kappa shape index (κ2) is 2.61. The maximum atomic E-state index is 5.79. The molecule has 0 aliphatic heterocycles. The van der Waals surface area contributed by atoms with Crippen LogP contribution in [0.25, 0.3) is 5.65 Å². The van der Waals surface area contributed by atoms with Crippen LogP contribution in [0.3, 0.4) is 0 Å². The van der Waals surface area contributed by atoms with Crippen molar-refractivity contribution in [3.63, 3.8) is 0 Å². The minimum Gasteiger partial charge on any atom is -0.215 e. The first-order valence-electron chi connectivity index (χ1n) is 3.36. The largest absolute Gasteiger partial charge is 0.215 e. The van der Waals surface area contributed by atoms with Gasteiger partial charge in [-0.1, -0.05) is 23.2 Å². The number of hydrogen-bond donors (Lipinski definition) is 0. The van der Waals surface area contributed by atoms with Gasteiger partial charge in [0, 0.05) is 0 Å². The highest BCUT2D eigenvalue weighted by Gasteiger charge is 2.06. The molecule has 0 saturated carbocycles. The van der Waals surface area contributed by atoms with Crippen molar-refractivity contribution in [3.8, 4) is 0 Å². The molecule has 0 bridgehead atoms. The lowest BCUT2D eigenvalue weighted by Crippen LogP contribution is -1.92. The van der Waals surface area contributed by atoms with E-state index in [9.17, 15) is 0 Å². The van der Waals surface area contributed by atoms with Gasteiger partial charge in [0.15, 0.2) is 10.8 Å². The number of hydrogen-bond acceptors (Lipinski definition) is 2. The normalized spacial score (nSPS) is 10.9. The van der Waals surface area contributed by atoms with Crippen molar-refractivity contribution in [2.75, 3.05) is 0 Å². The van der Waals surface area contributed by atoms with Crippen LogP contribution >= 0.6 is 23.2 Å². The van der Waals surface area contributed by atoms with Crippen molar-refractivity contribution in [1.29, 1.82) is 0 Å². The van der Waals surface area contributed by atoms with Crippen molar-refractivity contribution >= 4 is 28.8 Å². The predicted molar refractivity (Wildman–Crippen MR) is 47.7 cm³/mol. The second-order valence-corrected chi connectivity index (χ2v) is 3.16. The Labute approximate surface area is 78.9 Å². The lowest BCUT2D eigenvalue weighted by molar-refractivity contribution is 0.900. The summed E-state index contributed by atoms with van der Waals surface area (Å²) in [6.07, 6.45) is 0. The fraction of sp³-hybridized carbons (Fsp3) is 0.143. The van der Waals surface area contributed by atoms with Gasteiger partial charge in [0.05, 0.1) is 5.69 Å². The van der Waals surface area contributed by atoms with Crippen LogP contribution in [0.5, 0.6) is 0 Å². The minimum absolute atomic E-state index is 0.430. The van der Waals surface area contributed by atoms with E-state index in [1.54, 1.807) is 16.6 Å². The van der Waals surface area contributed by atoms with Crippen LogP contribution < -0.4 is 0 Å². The van der Waals surface area contributed by atoms with E-state index in [1.165, 1.54) is 0 Å². The number of nitrogens with zero attached hydrogens (tertiary/aromatic N) is 3. The smallest absolute Gasteiger partial charge is 0.155 e. The highest BCUT2D eigenvalue weighted by Crippen LogP contribution is 2.16. The average Bonchev–Trinajstić information content (AvgIpc) is 2.31. The van der Waals surface area contributed by atoms with Crippen molar-refractivity contribution in [2.24, 2.45) is 0 Å². The van der Waals surface area contributed by atoms with Gasteiger partial charge in [-0.15, -0.1) is 0 Å². The van der Waals surface area contributed by atoms with Gasteiger partial charge in [0.2, 0.25) is 0 Å². The van der Waals surface area contributed by atoms with Crippen LogP contribution in [0.4, 0.5) is 0 Å². The Morgan fingerprint density at radius 3 is 2.83 bits per heavy atom. The molecule has 2 aromatic heterocycles. The van der Waals surface area contributed by atoms with Crippen LogP contribution in [0.2, 0.25) is 10.3 Å². The fourth-order valence-electron chi connectivity index (χ4n) is 0.994. The average molecular weight is 202 g/mol. The molecule has 0 atom stereocenters. The molecule has 5 heteroatoms. The van der Waals surface area contributed by atoms with E-state index in [0.717, 1.165) is 5.69 Å². The van der Waals surface area contributed by atoms with E-state index in [0.29, 0.717) is 16.0 Å². The first kappa shape index (κ1) is 7.83. The quantitative estimate of drug-likeness (QED) is 0.656. The first-order chi connectivity index (χ1) is 5.68. The molecule has 2 rings (SSSR count). The van der Waals surface area contributed by atoms with Crippen LogP contribution in [-0.4, -0.2) is 14.6 Å². The lowest BCUT2D eigenvalue weighted by atomic mass is 10.5. The molecule has 0 unspecified atom stereocenters. The maximum Gasteiger partial charge on any atom is 0.155 e. The van der Waals surface area contributed by atoms with E-state index < -0.39 is 0 Å². The summed E-state index contributed by atoms with van der Waals surface area (Å²) in [4.78, 5) is 4.06. The Balaban J connectivity index is 2.88. The molecule has 0 N–H and O–H groups in total. The standard InChI is InChI=1S/C7H5Cl2N3/c1-4-7(9)10-6-3-2-5(8)11-12(4)6/h2-3H,1H3. The third-order valence-electron chi connectivity index (χ3n) is 1.61. The summed E-state index contributed by atoms with van der Waals surface area (Å²) in [7, 11) is 0. The summed E-state index contributed by atoms with van der Waals surface area (Å²) in [5.41, 5.74) is 1.51. The summed E-state index contributed by atoms with van der Waals surface area (Å²) in [6.45, 7) is 1.84. The third-order valence-corrected chi connectivity index (χ3v) is 2.17. The zero-order valence-corrected chi connectivity index (χ0v) is 7.76. The van der Waals surface area contributed by atoms with E-state index in [4.69, 9.17) is 23.2 Å². The fourth-order valence-corrected chi connectivity index (χ4v) is 1.30. The van der Waals surface area contributed by atoms with Gasteiger partial charge < -0.3 is 0 Å². The molecule has 0 saturated heterocycles. The molecule has 2 heterocycles. The number of rotatable bonds is 0. The summed E-state index contributed by atoms with van der Waals surface area (Å²) in [5, 5.41) is 4.92. The monoisotopic (exact) mass is 201 g/mol. The highest BCUT2D eigenvalue weighted by atomic mass is 35.5. The minimum atomic E-state index is 0.430. The molecule has 0 aliphatic carbocycles. The van der Waals surface area contributed by atoms with Crippen molar-refractivity contribution < 1.29 is 0 Å². The maximum absolute atomic E-state index is 5.79. The van der Waals surface area contributed by atoms with Gasteiger partial charge in [-0.3, -0.25) is 0 Å². The number of imidazole rings is 1. The van der Waals surface area contributed by atoms with Gasteiger partial charge in [-0.2, -0.15) is 5.10 Å². The summed E-state index contributed by atoms with van der Waals surface area (Å²) >= 11 is 11.5. The summed E-state index contributed by atoms with van der Waals surface area (Å²) < 4.78 is 1.62. The van der Waals surface area contributed by atoms with Crippen molar-refractivity contribution in [3.05, 3.63) is 28.1 Å². The van der Waals surface area contributed by atoms with E-state index in [1.807, 2.05) is 6.92 Å². The lowest BCUT2D eigenvalue weighted by Gasteiger charge is -1.93. The Morgan fingerprint density at radius 2 is 2.08 bits per heavy atom. The van der Waals surface area contributed by atoms with Gasteiger partial charge >= 0.3 is 0 Å². The zero-order chi connectivity index (χ0) is 8.72. The van der Waals surface area contributed by atoms with E-state index in [2.05, 4.69) is 10.1 Å². The first-order valence-corrected chi connectivity index (χ1v) is 4.11. The molecule has 0 radical (unpaired) electrons. The Kier molecular flexibility index (Phi) is 1.70. The third kappa shape index (κ3) is 1.06. The van der Waals surface area contributed by atoms with Gasteiger partial charge in [-0.05, 0) is 19.1 Å². The Hall–Kier alpha value is -0.800. The molecule has 0 aliphatic rings. The predicted octanol–water partition coefficient (Wildman–Crippen LogP) is 2.34. The molecule has 0 fully saturated rings. The molecular formula is C7H5Cl2N3. The van der Waals surface area contributed by atoms with E-state index >= 15 is 0 Å². The molecule has 0 amide bonds. The molecule has 0 aromatic carbocycles. The second-order valence-electron chi connectivity index (χ2n) is 2.41. The molecule has 12 heavy (non-hydrogen) atoms. The van der Waals surface area contributed by atoms with Gasteiger partial charge in [-0.25, -0.2) is 9.50 Å². The molecule has 2 aromatic rings. The number of fused-ring (bicyclic) bond motifs is 1. The topological polar surface area (TPSA) is 30.2 Å². The molecule has 62 valence electrons. The number of aryl methyl sites for hydroxylation is 1. The summed E-state index contributed by atoms with van der Waals surface area (Å²) in [6, 6.07) is 3.45. The van der Waals surface area contributed by atoms with Gasteiger partial charge in [0.1, 0.15) is 5.15 Å². The van der Waals surface area contributed by atoms with E-state index in [-0.39, 0.29) is 0 Å². The van der Waals surface area contributed by atoms with Crippen molar-refractivity contribution in [2.45, 2.75) is 6.92 Å². The summed E-state index contributed by atoms with van der Waals surface area (Å²) in [5.74, 6) is 0. The van der Waals surface area contributed by atoms with Crippen molar-refractivity contribution in [1.82, 2.24) is 14.6 Å². The zero-order valence-electron chi connectivity index (χ0n) is 6.25. The molecule has 0 spiro atoms. The highest BCUT2D eigenvalue weighted by molar-refractivity contribution is 6.30. The Bertz CT molecular complexity index is 435. The van der Waals surface area contributed by atoms with Crippen LogP contribution in [-0.2, 0) is 0 Å². The Morgan fingerprint density at radius 1 is 1.33 bits per heavy atom. The number of halogens is 2. The SMILES string of the molecule is Cc1c(Cl)nc2ccc(Cl)nn12. The van der Waals surface area contributed by atoms with Gasteiger partial charge in [0.25, 0.3) is 0 Å². The number of aromatic nitrogens is 3. The van der Waals surface area contributed by atoms with Crippen LogP contribution in [0, 0.1) is 6.92 Å². The molecular weight excluding hydrogens is 197 g/mol. The molecule has 3 nitrogen and oxygen atoms in total. The van der Waals surface area contributed by atoms with Crippen LogP contribution in [0.15, 0.2) is 12.1 Å². The van der Waals surface area contributed by atoms with Crippen LogP contribution in [0.1, 0.15) is 5.69 Å².